The van der Waals surface area contributed by atoms with Crippen molar-refractivity contribution >= 4 is 0 Å². The zero-order valence-corrected chi connectivity index (χ0v) is 54.8. The van der Waals surface area contributed by atoms with Gasteiger partial charge in [0.15, 0.2) is 0 Å². The molecule has 4 radical (unpaired) electrons. The maximum atomic E-state index is 3.14. The summed E-state index contributed by atoms with van der Waals surface area (Å²) in [5, 5.41) is 0. The van der Waals surface area contributed by atoms with Gasteiger partial charge in [-0.25, -0.2) is 0 Å². The van der Waals surface area contributed by atoms with Gasteiger partial charge < -0.3 is 6.42 Å². The molecule has 0 spiro atoms. The molecule has 6 aliphatic rings. The summed E-state index contributed by atoms with van der Waals surface area (Å²) in [6.07, 6.45) is 37.2. The van der Waals surface area contributed by atoms with E-state index in [1.165, 1.54) is 176 Å². The minimum atomic E-state index is 0. The first kappa shape index (κ1) is 63.6. The Morgan fingerprint density at radius 2 is 0.544 bits per heavy atom. The Morgan fingerprint density at radius 1 is 0.294 bits per heavy atom. The Labute approximate surface area is 520 Å². The van der Waals surface area contributed by atoms with Crippen molar-refractivity contribution in [1.82, 2.24) is 0 Å². The van der Waals surface area contributed by atoms with E-state index in [9.17, 15) is 0 Å². The van der Waals surface area contributed by atoms with Gasteiger partial charge in [0.25, 0.3) is 0 Å². The standard InChI is InChI=1S/C19H27.C19H21.C13H23.C13H17.4Y/c2*1-15-7-9-17(10-8-15)19-13-11-18(12-14-19)16-5-3-2-4-6-16;2*1-11-7-9-13(10-8-11)12-5-3-2-4-6-12;;;;/h3-6,15,17-19H,7-14H2,1H3;3-6,11-15,17H,7-10H2,1H3;2,11-13H,3-10H2,1H3;3-6,11,13H,7-10H2,1H3;;;;/q4*-1;;;;. The van der Waals surface area contributed by atoms with Gasteiger partial charge >= 0.3 is 0 Å². The molecule has 0 N–H and O–H groups in total. The van der Waals surface area contributed by atoms with Crippen molar-refractivity contribution < 1.29 is 131 Å². The van der Waals surface area contributed by atoms with E-state index in [0.717, 1.165) is 65.1 Å². The summed E-state index contributed by atoms with van der Waals surface area (Å²) >= 11 is 0. The summed E-state index contributed by atoms with van der Waals surface area (Å²) in [6, 6.07) is 43.9. The average Bonchev–Trinajstić information content (AvgIpc) is 3.37. The van der Waals surface area contributed by atoms with Gasteiger partial charge in [-0.1, -0.05) is 116 Å². The normalized spacial score (nSPS) is 29.2. The van der Waals surface area contributed by atoms with E-state index in [1.54, 1.807) is 5.56 Å². The summed E-state index contributed by atoms with van der Waals surface area (Å²) in [6.45, 7) is 9.60. The molecule has 4 aromatic carbocycles. The summed E-state index contributed by atoms with van der Waals surface area (Å²) in [4.78, 5) is 0. The van der Waals surface area contributed by atoms with Gasteiger partial charge in [-0.2, -0.15) is 115 Å². The fraction of sp³-hybridized carbons (Fsp3) is 0.609. The van der Waals surface area contributed by atoms with Gasteiger partial charge in [-0.15, -0.1) is 5.56 Å². The van der Waals surface area contributed by atoms with Crippen LogP contribution in [0.3, 0.4) is 0 Å². The van der Waals surface area contributed by atoms with Gasteiger partial charge in [0.05, 0.1) is 0 Å². The zero-order chi connectivity index (χ0) is 44.4. The number of benzene rings is 4. The topological polar surface area (TPSA) is 0 Å². The van der Waals surface area contributed by atoms with Gasteiger partial charge in [0, 0.05) is 131 Å². The molecule has 4 heteroatoms. The molecular weight excluding hydrogens is 1120 g/mol. The van der Waals surface area contributed by atoms with Crippen LogP contribution in [0.4, 0.5) is 0 Å². The monoisotopic (exact) mass is 1210 g/mol. The van der Waals surface area contributed by atoms with E-state index >= 15 is 0 Å². The minimum absolute atomic E-state index is 0. The number of hydrogen-bond donors (Lipinski definition) is 0. The van der Waals surface area contributed by atoms with Crippen LogP contribution in [0.1, 0.15) is 216 Å². The van der Waals surface area contributed by atoms with Crippen LogP contribution in [0, 0.1) is 72.0 Å². The molecule has 6 fully saturated rings. The molecule has 0 unspecified atom stereocenters. The second-order valence-electron chi connectivity index (χ2n) is 22.3. The molecule has 360 valence electrons. The first-order valence-electron chi connectivity index (χ1n) is 27.2. The molecular formula is C64H88Y4-4. The second kappa shape index (κ2) is 35.5. The predicted molar refractivity (Wildman–Crippen MR) is 275 cm³/mol. The molecule has 6 saturated carbocycles. The molecule has 10 rings (SSSR count). The van der Waals surface area contributed by atoms with Crippen LogP contribution in [0.5, 0.6) is 0 Å². The minimum Gasteiger partial charge on any atom is -0.328 e. The van der Waals surface area contributed by atoms with E-state index in [4.69, 9.17) is 0 Å². The Bertz CT molecular complexity index is 1780. The van der Waals surface area contributed by atoms with E-state index in [1.807, 2.05) is 24.3 Å². The van der Waals surface area contributed by atoms with E-state index in [0.29, 0.717) is 0 Å². The van der Waals surface area contributed by atoms with Crippen LogP contribution in [0.25, 0.3) is 11.1 Å². The molecule has 0 aromatic heterocycles. The molecule has 68 heavy (non-hydrogen) atoms. The zero-order valence-electron chi connectivity index (χ0n) is 43.4. The molecule has 0 heterocycles. The van der Waals surface area contributed by atoms with Crippen LogP contribution in [0.15, 0.2) is 97.1 Å². The van der Waals surface area contributed by atoms with Crippen molar-refractivity contribution in [2.75, 3.05) is 0 Å². The van der Waals surface area contributed by atoms with E-state index in [2.05, 4.69) is 125 Å². The average molecular weight is 1210 g/mol. The molecule has 0 nitrogen and oxygen atoms in total. The van der Waals surface area contributed by atoms with Crippen LogP contribution in [-0.2, 0) is 131 Å². The molecule has 0 saturated heterocycles. The Kier molecular flexibility index (Phi) is 33.2. The summed E-state index contributed by atoms with van der Waals surface area (Å²) < 4.78 is 0. The smallest absolute Gasteiger partial charge is 0 e. The Morgan fingerprint density at radius 3 is 0.897 bits per heavy atom. The quantitative estimate of drug-likeness (QED) is 0.169. The van der Waals surface area contributed by atoms with Crippen molar-refractivity contribution in [2.24, 2.45) is 47.3 Å². The van der Waals surface area contributed by atoms with Crippen molar-refractivity contribution in [1.29, 1.82) is 0 Å². The van der Waals surface area contributed by atoms with Gasteiger partial charge in [0.2, 0.25) is 0 Å². The van der Waals surface area contributed by atoms with Crippen molar-refractivity contribution in [3.63, 3.8) is 0 Å². The second-order valence-corrected chi connectivity index (χ2v) is 22.3. The Hall–Kier alpha value is 1.30. The third-order valence-electron chi connectivity index (χ3n) is 17.6. The predicted octanol–water partition coefficient (Wildman–Crippen LogP) is 19.0. The third-order valence-corrected chi connectivity index (χ3v) is 17.6. The van der Waals surface area contributed by atoms with Gasteiger partial charge in [-0.05, 0) is 153 Å². The van der Waals surface area contributed by atoms with Crippen LogP contribution >= 0.6 is 0 Å². The van der Waals surface area contributed by atoms with Crippen LogP contribution in [-0.4, -0.2) is 0 Å². The first-order valence-corrected chi connectivity index (χ1v) is 27.2. The SMILES string of the molecule is CC1CCC(C2CCC(c3cc[c-]cc3)CC2)CC1.CC1CCC(C2CC[CH-]CC2)CC1.CC1CCC(c2cc[c-]cc2)CC1.CC1CCC(c2ccc(-c3cc[c-]cc3)cc2)CC1.[Y].[Y].[Y].[Y]. The van der Waals surface area contributed by atoms with Crippen LogP contribution < -0.4 is 0 Å². The van der Waals surface area contributed by atoms with Crippen molar-refractivity contribution in [3.8, 4) is 11.1 Å². The van der Waals surface area contributed by atoms with Gasteiger partial charge in [-0.3, -0.25) is 0 Å². The molecule has 6 aliphatic carbocycles. The number of hydrogen-bond acceptors (Lipinski definition) is 0. The largest absolute Gasteiger partial charge is 0.328 e. The molecule has 0 amide bonds. The fourth-order valence-electron chi connectivity index (χ4n) is 12.9. The summed E-state index contributed by atoms with van der Waals surface area (Å²) in [5.74, 6) is 10.6. The third kappa shape index (κ3) is 21.5. The molecule has 4 aromatic rings. The number of rotatable bonds is 6. The molecule has 0 bridgehead atoms. The Balaban J connectivity index is 0.000000239. The van der Waals surface area contributed by atoms with E-state index < -0.39 is 0 Å². The fourth-order valence-corrected chi connectivity index (χ4v) is 12.9. The molecule has 0 atom stereocenters. The van der Waals surface area contributed by atoms with Crippen molar-refractivity contribution in [3.05, 3.63) is 138 Å². The molecule has 0 aliphatic heterocycles. The maximum absolute atomic E-state index is 3.14. The van der Waals surface area contributed by atoms with Crippen molar-refractivity contribution in [2.45, 2.75) is 200 Å². The summed E-state index contributed by atoms with van der Waals surface area (Å²) in [7, 11) is 0. The van der Waals surface area contributed by atoms with E-state index in [-0.39, 0.29) is 131 Å². The first-order chi connectivity index (χ1) is 31.4. The van der Waals surface area contributed by atoms with Crippen LogP contribution in [0.2, 0.25) is 0 Å². The summed E-state index contributed by atoms with van der Waals surface area (Å²) in [5.41, 5.74) is 7.18. The van der Waals surface area contributed by atoms with Gasteiger partial charge in [0.1, 0.15) is 0 Å². The maximum Gasteiger partial charge on any atom is 0 e.